The largest absolute Gasteiger partial charge is 0.497 e. The highest BCUT2D eigenvalue weighted by Gasteiger charge is 2.14. The van der Waals surface area contributed by atoms with E-state index in [9.17, 15) is 4.79 Å². The molecule has 3 aromatic rings. The fraction of sp³-hybridized carbons (Fsp3) is 0.100. The minimum Gasteiger partial charge on any atom is -0.497 e. The van der Waals surface area contributed by atoms with Gasteiger partial charge < -0.3 is 14.8 Å². The standard InChI is InChI=1S/C20H18N2O3S/c1-24-16-9-10-17(18(12-16)25-2)19(23)22-20(26)21-15-8-7-13-5-3-4-6-14(13)11-15/h3-12H,1-2H3,(H2,21,22,23,26). The molecule has 0 aliphatic heterocycles. The molecule has 0 bridgehead atoms. The van der Waals surface area contributed by atoms with E-state index in [2.05, 4.69) is 10.6 Å². The number of amides is 1. The number of carbonyl (C=O) groups excluding carboxylic acids is 1. The van der Waals surface area contributed by atoms with Crippen LogP contribution in [0.5, 0.6) is 11.5 Å². The number of thiocarbonyl (C=S) groups is 1. The SMILES string of the molecule is COc1ccc(C(=O)NC(=S)Nc2ccc3ccccc3c2)c(OC)c1. The van der Waals surface area contributed by atoms with E-state index < -0.39 is 0 Å². The summed E-state index contributed by atoms with van der Waals surface area (Å²) in [5, 5.41) is 8.13. The highest BCUT2D eigenvalue weighted by atomic mass is 32.1. The predicted octanol–water partition coefficient (Wildman–Crippen LogP) is 3.98. The van der Waals surface area contributed by atoms with E-state index in [1.807, 2.05) is 42.5 Å². The third kappa shape index (κ3) is 3.92. The average molecular weight is 366 g/mol. The maximum Gasteiger partial charge on any atom is 0.261 e. The second-order valence-electron chi connectivity index (χ2n) is 5.54. The molecule has 1 amide bonds. The van der Waals surface area contributed by atoms with E-state index in [1.165, 1.54) is 7.11 Å². The third-order valence-electron chi connectivity index (χ3n) is 3.89. The summed E-state index contributed by atoms with van der Waals surface area (Å²) in [7, 11) is 3.05. The Hall–Kier alpha value is -3.12. The molecule has 6 heteroatoms. The van der Waals surface area contributed by atoms with Crippen LogP contribution < -0.4 is 20.1 Å². The maximum absolute atomic E-state index is 12.5. The summed E-state index contributed by atoms with van der Waals surface area (Å²) in [5.41, 5.74) is 1.17. The lowest BCUT2D eigenvalue weighted by molar-refractivity contribution is 0.0974. The first-order chi connectivity index (χ1) is 12.6. The second-order valence-corrected chi connectivity index (χ2v) is 5.94. The van der Waals surface area contributed by atoms with Crippen molar-refractivity contribution in [2.24, 2.45) is 0 Å². The number of rotatable bonds is 4. The molecule has 0 heterocycles. The van der Waals surface area contributed by atoms with Gasteiger partial charge in [0.2, 0.25) is 0 Å². The van der Waals surface area contributed by atoms with E-state index >= 15 is 0 Å². The van der Waals surface area contributed by atoms with Crippen LogP contribution in [0.3, 0.4) is 0 Å². The molecular weight excluding hydrogens is 348 g/mol. The molecule has 3 rings (SSSR count). The molecule has 5 nitrogen and oxygen atoms in total. The second kappa shape index (κ2) is 7.84. The Labute approximate surface area is 156 Å². The van der Waals surface area contributed by atoms with Gasteiger partial charge in [-0.05, 0) is 47.3 Å². The molecule has 3 aromatic carbocycles. The number of anilines is 1. The number of nitrogens with one attached hydrogen (secondary N) is 2. The van der Waals surface area contributed by atoms with Gasteiger partial charge in [0.25, 0.3) is 5.91 Å². The lowest BCUT2D eigenvalue weighted by atomic mass is 10.1. The van der Waals surface area contributed by atoms with Gasteiger partial charge in [-0.2, -0.15) is 0 Å². The van der Waals surface area contributed by atoms with Gasteiger partial charge >= 0.3 is 0 Å². The van der Waals surface area contributed by atoms with Crippen LogP contribution in [0.1, 0.15) is 10.4 Å². The van der Waals surface area contributed by atoms with Crippen LogP contribution in [0.15, 0.2) is 60.7 Å². The van der Waals surface area contributed by atoms with Crippen molar-refractivity contribution < 1.29 is 14.3 Å². The number of carbonyl (C=O) groups is 1. The van der Waals surface area contributed by atoms with E-state index in [-0.39, 0.29) is 11.0 Å². The Kier molecular flexibility index (Phi) is 5.34. The van der Waals surface area contributed by atoms with Gasteiger partial charge in [-0.25, -0.2) is 0 Å². The predicted molar refractivity (Wildman–Crippen MR) is 107 cm³/mol. The number of hydrogen-bond acceptors (Lipinski definition) is 4. The maximum atomic E-state index is 12.5. The Bertz CT molecular complexity index is 972. The monoisotopic (exact) mass is 366 g/mol. The highest BCUT2D eigenvalue weighted by Crippen LogP contribution is 2.24. The van der Waals surface area contributed by atoms with Crippen molar-refractivity contribution in [1.82, 2.24) is 5.32 Å². The summed E-state index contributed by atoms with van der Waals surface area (Å²) in [6.45, 7) is 0. The van der Waals surface area contributed by atoms with Crippen LogP contribution in [-0.2, 0) is 0 Å². The molecule has 0 aliphatic carbocycles. The van der Waals surface area contributed by atoms with Gasteiger partial charge in [0.15, 0.2) is 5.11 Å². The fourth-order valence-corrected chi connectivity index (χ4v) is 2.80. The lowest BCUT2D eigenvalue weighted by Gasteiger charge is -2.13. The van der Waals surface area contributed by atoms with Crippen LogP contribution in [0.2, 0.25) is 0 Å². The normalized spacial score (nSPS) is 10.2. The van der Waals surface area contributed by atoms with Gasteiger partial charge in [0.1, 0.15) is 11.5 Å². The first kappa shape index (κ1) is 17.7. The topological polar surface area (TPSA) is 59.6 Å². The smallest absolute Gasteiger partial charge is 0.261 e. The zero-order valence-electron chi connectivity index (χ0n) is 14.4. The minimum absolute atomic E-state index is 0.211. The van der Waals surface area contributed by atoms with Crippen molar-refractivity contribution >= 4 is 39.7 Å². The van der Waals surface area contributed by atoms with Gasteiger partial charge in [0, 0.05) is 11.8 Å². The molecule has 0 atom stereocenters. The Balaban J connectivity index is 1.71. The van der Waals surface area contributed by atoms with E-state index in [4.69, 9.17) is 21.7 Å². The Morgan fingerprint density at radius 2 is 1.69 bits per heavy atom. The lowest BCUT2D eigenvalue weighted by Crippen LogP contribution is -2.34. The molecule has 2 N–H and O–H groups in total. The zero-order valence-corrected chi connectivity index (χ0v) is 15.2. The van der Waals surface area contributed by atoms with E-state index in [0.717, 1.165) is 16.5 Å². The van der Waals surface area contributed by atoms with Gasteiger partial charge in [-0.15, -0.1) is 0 Å². The third-order valence-corrected chi connectivity index (χ3v) is 4.09. The van der Waals surface area contributed by atoms with Crippen molar-refractivity contribution in [3.8, 4) is 11.5 Å². The molecule has 0 spiro atoms. The van der Waals surface area contributed by atoms with Crippen molar-refractivity contribution in [3.63, 3.8) is 0 Å². The average Bonchev–Trinajstić information content (AvgIpc) is 2.67. The molecular formula is C20H18N2O3S. The van der Waals surface area contributed by atoms with Crippen LogP contribution in [0.25, 0.3) is 10.8 Å². The van der Waals surface area contributed by atoms with Gasteiger partial charge in [0.05, 0.1) is 19.8 Å². The van der Waals surface area contributed by atoms with Crippen molar-refractivity contribution in [2.75, 3.05) is 19.5 Å². The highest BCUT2D eigenvalue weighted by molar-refractivity contribution is 7.80. The molecule has 132 valence electrons. The summed E-state index contributed by atoms with van der Waals surface area (Å²) in [6.07, 6.45) is 0. The number of benzene rings is 3. The van der Waals surface area contributed by atoms with E-state index in [0.29, 0.717) is 17.1 Å². The van der Waals surface area contributed by atoms with Crippen LogP contribution in [-0.4, -0.2) is 25.2 Å². The summed E-state index contributed by atoms with van der Waals surface area (Å²) in [5.74, 6) is 0.661. The van der Waals surface area contributed by atoms with Crippen LogP contribution >= 0.6 is 12.2 Å². The summed E-state index contributed by atoms with van der Waals surface area (Å²) < 4.78 is 10.4. The molecule has 0 aromatic heterocycles. The number of ether oxygens (including phenoxy) is 2. The summed E-state index contributed by atoms with van der Waals surface area (Å²) in [4.78, 5) is 12.5. The molecule has 0 saturated carbocycles. The first-order valence-electron chi connectivity index (χ1n) is 7.94. The summed E-state index contributed by atoms with van der Waals surface area (Å²) >= 11 is 5.25. The number of fused-ring (bicyclic) bond motifs is 1. The Morgan fingerprint density at radius 1 is 0.923 bits per heavy atom. The molecule has 0 aliphatic rings. The quantitative estimate of drug-likeness (QED) is 0.684. The van der Waals surface area contributed by atoms with Crippen molar-refractivity contribution in [1.29, 1.82) is 0 Å². The molecule has 0 fully saturated rings. The minimum atomic E-state index is -0.359. The molecule has 0 unspecified atom stereocenters. The van der Waals surface area contributed by atoms with Crippen molar-refractivity contribution in [2.45, 2.75) is 0 Å². The Morgan fingerprint density at radius 3 is 2.42 bits per heavy atom. The molecule has 0 saturated heterocycles. The molecule has 0 radical (unpaired) electrons. The first-order valence-corrected chi connectivity index (χ1v) is 8.34. The number of hydrogen-bond donors (Lipinski definition) is 2. The molecule has 26 heavy (non-hydrogen) atoms. The van der Waals surface area contributed by atoms with Gasteiger partial charge in [-0.3, -0.25) is 10.1 Å². The van der Waals surface area contributed by atoms with Crippen LogP contribution in [0.4, 0.5) is 5.69 Å². The zero-order chi connectivity index (χ0) is 18.5. The van der Waals surface area contributed by atoms with Gasteiger partial charge in [-0.1, -0.05) is 30.3 Å². The fourth-order valence-electron chi connectivity index (χ4n) is 2.59. The summed E-state index contributed by atoms with van der Waals surface area (Å²) in [6, 6.07) is 18.9. The van der Waals surface area contributed by atoms with Crippen LogP contribution in [0, 0.1) is 0 Å². The van der Waals surface area contributed by atoms with Crippen molar-refractivity contribution in [3.05, 3.63) is 66.2 Å². The van der Waals surface area contributed by atoms with E-state index in [1.54, 1.807) is 25.3 Å². The number of methoxy groups -OCH3 is 2.